The zero-order valence-electron chi connectivity index (χ0n) is 21.7. The van der Waals surface area contributed by atoms with Crippen molar-refractivity contribution in [2.75, 3.05) is 23.1 Å². The van der Waals surface area contributed by atoms with Crippen molar-refractivity contribution in [2.45, 2.75) is 64.8 Å². The number of aliphatic hydroxyl groups is 1. The van der Waals surface area contributed by atoms with Crippen molar-refractivity contribution in [3.05, 3.63) is 59.9 Å². The van der Waals surface area contributed by atoms with Gasteiger partial charge in [-0.3, -0.25) is 9.10 Å². The number of benzene rings is 2. The molecule has 200 valence electrons. The number of carbonyl (C=O) groups is 1. The Bertz CT molecular complexity index is 1320. The third kappa shape index (κ3) is 6.31. The zero-order chi connectivity index (χ0) is 26.6. The van der Waals surface area contributed by atoms with E-state index in [1.54, 1.807) is 18.5 Å². The number of fused-ring (bicyclic) bond motifs is 1. The Morgan fingerprint density at radius 1 is 1.16 bits per heavy atom. The summed E-state index contributed by atoms with van der Waals surface area (Å²) >= 11 is 0. The van der Waals surface area contributed by atoms with Crippen LogP contribution < -0.4 is 14.9 Å². The number of sulfonamides is 1. The molecule has 0 radical (unpaired) electrons. The predicted octanol–water partition coefficient (Wildman–Crippen LogP) is 2.69. The average molecular weight is 528 g/mol. The van der Waals surface area contributed by atoms with Gasteiger partial charge >= 0.3 is 0 Å². The van der Waals surface area contributed by atoms with Gasteiger partial charge in [0.1, 0.15) is 5.52 Å². The van der Waals surface area contributed by atoms with Crippen LogP contribution in [0.4, 0.5) is 5.69 Å². The molecule has 2 aromatic carbocycles. The number of nitrogens with zero attached hydrogens (tertiary/aromatic N) is 3. The number of nitrogens with one attached hydrogen (secondary N) is 2. The fourth-order valence-corrected chi connectivity index (χ4v) is 6.31. The Labute approximate surface area is 218 Å². The quantitative estimate of drug-likeness (QED) is 0.373. The van der Waals surface area contributed by atoms with Crippen molar-refractivity contribution in [1.82, 2.24) is 20.2 Å². The van der Waals surface area contributed by atoms with Crippen LogP contribution in [0.15, 0.2) is 48.8 Å². The van der Waals surface area contributed by atoms with Gasteiger partial charge in [0.05, 0.1) is 35.4 Å². The molecule has 1 aromatic heterocycles. The van der Waals surface area contributed by atoms with Crippen LogP contribution in [0.5, 0.6) is 0 Å². The summed E-state index contributed by atoms with van der Waals surface area (Å²) < 4.78 is 29.2. The normalized spacial score (nSPS) is 17.2. The predicted molar refractivity (Wildman–Crippen MR) is 146 cm³/mol. The van der Waals surface area contributed by atoms with Gasteiger partial charge in [-0.05, 0) is 43.9 Å². The first-order valence-corrected chi connectivity index (χ1v) is 14.6. The maximum Gasteiger partial charge on any atom is 0.251 e. The summed E-state index contributed by atoms with van der Waals surface area (Å²) in [6.45, 7) is 7.29. The van der Waals surface area contributed by atoms with Gasteiger partial charge in [-0.2, -0.15) is 0 Å². The van der Waals surface area contributed by atoms with Crippen molar-refractivity contribution in [3.8, 4) is 0 Å². The molecule has 4 rings (SSSR count). The van der Waals surface area contributed by atoms with Gasteiger partial charge in [-0.25, -0.2) is 13.4 Å². The van der Waals surface area contributed by atoms with Crippen LogP contribution in [-0.4, -0.2) is 66.0 Å². The second kappa shape index (κ2) is 11.6. The molecule has 37 heavy (non-hydrogen) atoms. The van der Waals surface area contributed by atoms with Crippen LogP contribution in [0.25, 0.3) is 11.0 Å². The highest BCUT2D eigenvalue weighted by molar-refractivity contribution is 7.92. The van der Waals surface area contributed by atoms with Gasteiger partial charge in [-0.1, -0.05) is 44.2 Å². The molecule has 3 N–H and O–H groups in total. The minimum atomic E-state index is -3.50. The fraction of sp³-hybridized carbons (Fsp3) is 0.481. The molecule has 0 unspecified atom stereocenters. The maximum absolute atomic E-state index is 13.6. The van der Waals surface area contributed by atoms with Crippen LogP contribution in [0.1, 0.15) is 49.5 Å². The van der Waals surface area contributed by atoms with E-state index < -0.39 is 22.2 Å². The van der Waals surface area contributed by atoms with Crippen LogP contribution in [0, 0.1) is 0 Å². The van der Waals surface area contributed by atoms with Gasteiger partial charge in [0.15, 0.2) is 0 Å². The van der Waals surface area contributed by atoms with Crippen LogP contribution in [-0.2, 0) is 23.0 Å². The molecule has 9 nitrogen and oxygen atoms in total. The Morgan fingerprint density at radius 2 is 1.92 bits per heavy atom. The summed E-state index contributed by atoms with van der Waals surface area (Å²) in [6, 6.07) is 12.7. The lowest BCUT2D eigenvalue weighted by atomic mass is 10.00. The van der Waals surface area contributed by atoms with E-state index in [2.05, 4.69) is 15.6 Å². The highest BCUT2D eigenvalue weighted by Gasteiger charge is 2.30. The summed E-state index contributed by atoms with van der Waals surface area (Å²) in [7, 11) is -3.50. The Hall–Kier alpha value is -2.95. The third-order valence-electron chi connectivity index (χ3n) is 6.74. The number of aryl methyl sites for hydroxylation is 1. The average Bonchev–Trinajstić information content (AvgIpc) is 3.30. The number of imidazole rings is 1. The van der Waals surface area contributed by atoms with Crippen molar-refractivity contribution in [1.29, 1.82) is 0 Å². The van der Waals surface area contributed by atoms with Gasteiger partial charge in [-0.15, -0.1) is 0 Å². The fourth-order valence-electron chi connectivity index (χ4n) is 4.68. The topological polar surface area (TPSA) is 117 Å². The van der Waals surface area contributed by atoms with E-state index in [4.69, 9.17) is 0 Å². The maximum atomic E-state index is 13.6. The molecule has 1 saturated heterocycles. The third-order valence-corrected chi connectivity index (χ3v) is 8.60. The molecule has 0 aliphatic carbocycles. The number of hydrogen-bond acceptors (Lipinski definition) is 6. The molecular weight excluding hydrogens is 490 g/mol. The van der Waals surface area contributed by atoms with Gasteiger partial charge < -0.3 is 20.3 Å². The smallest absolute Gasteiger partial charge is 0.251 e. The molecule has 3 aromatic rings. The summed E-state index contributed by atoms with van der Waals surface area (Å²) in [4.78, 5) is 18.1. The number of amides is 1. The second-order valence-electron chi connectivity index (χ2n) is 9.89. The van der Waals surface area contributed by atoms with Crippen molar-refractivity contribution >= 4 is 32.7 Å². The van der Waals surface area contributed by atoms with E-state index in [0.29, 0.717) is 54.8 Å². The first kappa shape index (κ1) is 27.1. The zero-order valence-corrected chi connectivity index (χ0v) is 22.5. The Balaban J connectivity index is 1.69. The first-order chi connectivity index (χ1) is 17.7. The summed E-state index contributed by atoms with van der Waals surface area (Å²) in [5.41, 5.74) is 3.02. The van der Waals surface area contributed by atoms with E-state index in [0.717, 1.165) is 12.0 Å². The van der Waals surface area contributed by atoms with Crippen molar-refractivity contribution in [2.24, 2.45) is 0 Å². The minimum absolute atomic E-state index is 0.0770. The van der Waals surface area contributed by atoms with E-state index >= 15 is 0 Å². The molecule has 0 saturated carbocycles. The second-order valence-corrected chi connectivity index (χ2v) is 11.9. The van der Waals surface area contributed by atoms with E-state index in [1.165, 1.54) is 4.31 Å². The lowest BCUT2D eigenvalue weighted by Crippen LogP contribution is -2.49. The summed E-state index contributed by atoms with van der Waals surface area (Å²) in [6.07, 6.45) is 2.68. The van der Waals surface area contributed by atoms with Crippen molar-refractivity contribution < 1.29 is 18.3 Å². The minimum Gasteiger partial charge on any atom is -0.390 e. The summed E-state index contributed by atoms with van der Waals surface area (Å²) in [5.74, 6) is -0.293. The number of carbonyl (C=O) groups excluding carboxylic acids is 1. The lowest BCUT2D eigenvalue weighted by molar-refractivity contribution is 0.0827. The van der Waals surface area contributed by atoms with Crippen LogP contribution >= 0.6 is 0 Å². The van der Waals surface area contributed by atoms with Gasteiger partial charge in [0.25, 0.3) is 5.91 Å². The molecule has 1 amide bonds. The molecule has 1 fully saturated rings. The molecule has 1 aliphatic heterocycles. The van der Waals surface area contributed by atoms with Gasteiger partial charge in [0.2, 0.25) is 10.0 Å². The lowest BCUT2D eigenvalue weighted by Gasteiger charge is -2.29. The number of rotatable bonds is 10. The molecule has 2 atom stereocenters. The number of hydrogen-bond donors (Lipinski definition) is 3. The van der Waals surface area contributed by atoms with Gasteiger partial charge in [0, 0.05) is 31.2 Å². The Morgan fingerprint density at radius 3 is 2.59 bits per heavy atom. The standard InChI is InChI=1S/C27H37N5O4S/c1-4-31-18-29-26-23(31)15-21(16-24(26)32-12-8-9-13-37(32,35)36)27(34)30-22(25(33)17-28-19(2)3)14-20-10-6-5-7-11-20/h5-7,10-11,15-16,18-19,22,25,28,33H,4,8-9,12-14,17H2,1-3H3,(H,30,34)/t22-,25+/m0/s1. The monoisotopic (exact) mass is 527 g/mol. The molecular formula is C27H37N5O4S. The van der Waals surface area contributed by atoms with E-state index in [1.807, 2.05) is 55.7 Å². The molecule has 1 aliphatic rings. The number of anilines is 1. The van der Waals surface area contributed by atoms with Crippen LogP contribution in [0.2, 0.25) is 0 Å². The highest BCUT2D eigenvalue weighted by Crippen LogP contribution is 2.32. The van der Waals surface area contributed by atoms with E-state index in [9.17, 15) is 18.3 Å². The number of aromatic nitrogens is 2. The van der Waals surface area contributed by atoms with E-state index in [-0.39, 0.29) is 17.7 Å². The SMILES string of the molecule is CCn1cnc2c(N3CCCCS3(=O)=O)cc(C(=O)N[C@@H](Cc3ccccc3)[C@H](O)CNC(C)C)cc21. The molecule has 0 spiro atoms. The molecule has 10 heteroatoms. The largest absolute Gasteiger partial charge is 0.390 e. The molecule has 2 heterocycles. The highest BCUT2D eigenvalue weighted by atomic mass is 32.2. The number of aliphatic hydroxyl groups excluding tert-OH is 1. The summed E-state index contributed by atoms with van der Waals surface area (Å²) in [5, 5.41) is 17.2. The molecule has 0 bridgehead atoms. The first-order valence-electron chi connectivity index (χ1n) is 12.9. The van der Waals surface area contributed by atoms with Crippen LogP contribution in [0.3, 0.4) is 0 Å². The van der Waals surface area contributed by atoms with Crippen molar-refractivity contribution in [3.63, 3.8) is 0 Å². The Kier molecular flexibility index (Phi) is 8.51.